The minimum atomic E-state index is 0.494. The van der Waals surface area contributed by atoms with Crippen LogP contribution in [0.3, 0.4) is 0 Å². The molecule has 2 aliphatic rings. The quantitative estimate of drug-likeness (QED) is 0.942. The van der Waals surface area contributed by atoms with Gasteiger partial charge in [-0.3, -0.25) is 0 Å². The second kappa shape index (κ2) is 5.11. The second-order valence-electron chi connectivity index (χ2n) is 6.34. The van der Waals surface area contributed by atoms with Crippen molar-refractivity contribution < 1.29 is 4.74 Å². The van der Waals surface area contributed by atoms with E-state index in [4.69, 9.17) is 16.3 Å². The maximum atomic E-state index is 6.01. The highest BCUT2D eigenvalue weighted by molar-refractivity contribution is 6.31. The molecule has 1 spiro atoms. The molecule has 1 saturated heterocycles. The van der Waals surface area contributed by atoms with Crippen molar-refractivity contribution in [1.29, 1.82) is 0 Å². The van der Waals surface area contributed by atoms with Gasteiger partial charge < -0.3 is 10.1 Å². The van der Waals surface area contributed by atoms with Crippen LogP contribution < -0.4 is 5.32 Å². The number of rotatable bonds is 3. The third kappa shape index (κ3) is 2.47. The molecule has 2 fully saturated rings. The molecule has 2 heterocycles. The molecule has 0 radical (unpaired) electrons. The first kappa shape index (κ1) is 13.3. The maximum Gasteiger partial charge on any atom is 0.137 e. The van der Waals surface area contributed by atoms with Crippen molar-refractivity contribution in [2.24, 2.45) is 11.3 Å². The Bertz CT molecular complexity index is 662. The van der Waals surface area contributed by atoms with E-state index in [-0.39, 0.29) is 0 Å². The molecule has 0 unspecified atom stereocenters. The van der Waals surface area contributed by atoms with Gasteiger partial charge in [0.25, 0.3) is 0 Å². The van der Waals surface area contributed by atoms with Crippen LogP contribution in [0.25, 0.3) is 10.9 Å². The molecule has 4 rings (SSSR count). The van der Waals surface area contributed by atoms with Crippen molar-refractivity contribution in [2.75, 3.05) is 25.1 Å². The number of nitrogens with zero attached hydrogens (tertiary/aromatic N) is 2. The summed E-state index contributed by atoms with van der Waals surface area (Å²) in [4.78, 5) is 8.64. The molecular formula is C16H18ClN3O. The predicted molar refractivity (Wildman–Crippen MR) is 83.6 cm³/mol. The van der Waals surface area contributed by atoms with Gasteiger partial charge in [-0.2, -0.15) is 0 Å². The smallest absolute Gasteiger partial charge is 0.137 e. The molecule has 5 heteroatoms. The lowest BCUT2D eigenvalue weighted by atomic mass is 9.61. The van der Waals surface area contributed by atoms with Gasteiger partial charge in [-0.1, -0.05) is 11.6 Å². The Hall–Kier alpha value is -1.39. The Balaban J connectivity index is 1.44. The van der Waals surface area contributed by atoms with E-state index >= 15 is 0 Å². The van der Waals surface area contributed by atoms with E-state index in [0.29, 0.717) is 10.4 Å². The van der Waals surface area contributed by atoms with Gasteiger partial charge in [0.1, 0.15) is 12.1 Å². The molecule has 0 atom stereocenters. The average molecular weight is 304 g/mol. The summed E-state index contributed by atoms with van der Waals surface area (Å²) in [7, 11) is 0. The Labute approximate surface area is 128 Å². The predicted octanol–water partition coefficient (Wildman–Crippen LogP) is 3.51. The van der Waals surface area contributed by atoms with Crippen molar-refractivity contribution in [2.45, 2.75) is 19.3 Å². The molecule has 110 valence electrons. The number of anilines is 1. The summed E-state index contributed by atoms with van der Waals surface area (Å²) in [5, 5.41) is 5.21. The van der Waals surface area contributed by atoms with E-state index in [1.807, 2.05) is 18.2 Å². The molecule has 0 bridgehead atoms. The summed E-state index contributed by atoms with van der Waals surface area (Å²) >= 11 is 6.01. The van der Waals surface area contributed by atoms with Gasteiger partial charge in [0.15, 0.2) is 0 Å². The first-order chi connectivity index (χ1) is 10.2. The summed E-state index contributed by atoms with van der Waals surface area (Å²) < 4.78 is 5.53. The number of nitrogens with one attached hydrogen (secondary N) is 1. The van der Waals surface area contributed by atoms with Crippen molar-refractivity contribution >= 4 is 28.3 Å². The third-order valence-electron chi connectivity index (χ3n) is 4.79. The minimum Gasteiger partial charge on any atom is -0.381 e. The highest BCUT2D eigenvalue weighted by Crippen LogP contribution is 2.50. The van der Waals surface area contributed by atoms with E-state index in [1.165, 1.54) is 19.3 Å². The summed E-state index contributed by atoms with van der Waals surface area (Å²) in [5.41, 5.74) is 1.38. The fourth-order valence-electron chi connectivity index (χ4n) is 3.69. The lowest BCUT2D eigenvalue weighted by Gasteiger charge is -2.44. The standard InChI is InChI=1S/C16H18ClN3O/c17-12-1-2-13-14(5-12)19-10-20-15(13)18-8-11-6-16(7-11)3-4-21-9-16/h1-2,5,10-11H,3-4,6-9H2,(H,18,19,20). The van der Waals surface area contributed by atoms with Gasteiger partial charge in [-0.25, -0.2) is 9.97 Å². The molecule has 1 saturated carbocycles. The van der Waals surface area contributed by atoms with Crippen molar-refractivity contribution in [3.8, 4) is 0 Å². The minimum absolute atomic E-state index is 0.494. The van der Waals surface area contributed by atoms with Crippen LogP contribution in [0.2, 0.25) is 5.02 Å². The van der Waals surface area contributed by atoms with Crippen molar-refractivity contribution in [3.05, 3.63) is 29.5 Å². The number of aromatic nitrogens is 2. The Morgan fingerprint density at radius 1 is 1.33 bits per heavy atom. The lowest BCUT2D eigenvalue weighted by Crippen LogP contribution is -2.40. The van der Waals surface area contributed by atoms with Crippen LogP contribution >= 0.6 is 11.6 Å². The lowest BCUT2D eigenvalue weighted by molar-refractivity contribution is 0.0440. The Morgan fingerprint density at radius 2 is 2.24 bits per heavy atom. The molecular weight excluding hydrogens is 286 g/mol. The topological polar surface area (TPSA) is 47.0 Å². The van der Waals surface area contributed by atoms with E-state index in [0.717, 1.165) is 42.4 Å². The zero-order chi connectivity index (χ0) is 14.3. The highest BCUT2D eigenvalue weighted by atomic mass is 35.5. The molecule has 1 aliphatic heterocycles. The zero-order valence-corrected chi connectivity index (χ0v) is 12.6. The van der Waals surface area contributed by atoms with Gasteiger partial charge in [-0.15, -0.1) is 0 Å². The van der Waals surface area contributed by atoms with Crippen LogP contribution in [0.4, 0.5) is 5.82 Å². The number of fused-ring (bicyclic) bond motifs is 1. The Kier molecular flexibility index (Phi) is 3.23. The highest BCUT2D eigenvalue weighted by Gasteiger charge is 2.46. The van der Waals surface area contributed by atoms with Crippen LogP contribution in [-0.2, 0) is 4.74 Å². The van der Waals surface area contributed by atoms with E-state index in [1.54, 1.807) is 6.33 Å². The van der Waals surface area contributed by atoms with Crippen LogP contribution in [0.15, 0.2) is 24.5 Å². The third-order valence-corrected chi connectivity index (χ3v) is 5.02. The van der Waals surface area contributed by atoms with Gasteiger partial charge in [0, 0.05) is 23.6 Å². The first-order valence-corrected chi connectivity index (χ1v) is 7.84. The SMILES string of the molecule is Clc1ccc2c(NCC3CC4(CCOC4)C3)ncnc2c1. The van der Waals surface area contributed by atoms with E-state index in [9.17, 15) is 0 Å². The maximum absolute atomic E-state index is 6.01. The van der Waals surface area contributed by atoms with E-state index < -0.39 is 0 Å². The van der Waals surface area contributed by atoms with Gasteiger partial charge in [0.05, 0.1) is 12.1 Å². The van der Waals surface area contributed by atoms with Gasteiger partial charge in [-0.05, 0) is 48.8 Å². The molecule has 1 aliphatic carbocycles. The second-order valence-corrected chi connectivity index (χ2v) is 6.78. The summed E-state index contributed by atoms with van der Waals surface area (Å²) in [6.07, 6.45) is 5.37. The molecule has 1 N–H and O–H groups in total. The number of hydrogen-bond acceptors (Lipinski definition) is 4. The van der Waals surface area contributed by atoms with Crippen LogP contribution in [0.5, 0.6) is 0 Å². The Morgan fingerprint density at radius 3 is 3.05 bits per heavy atom. The molecule has 1 aromatic heterocycles. The van der Waals surface area contributed by atoms with Crippen LogP contribution in [0, 0.1) is 11.3 Å². The zero-order valence-electron chi connectivity index (χ0n) is 11.8. The summed E-state index contributed by atoms with van der Waals surface area (Å²) in [6, 6.07) is 5.73. The fourth-order valence-corrected chi connectivity index (χ4v) is 3.86. The molecule has 4 nitrogen and oxygen atoms in total. The van der Waals surface area contributed by atoms with Crippen LogP contribution in [0.1, 0.15) is 19.3 Å². The molecule has 0 amide bonds. The summed E-state index contributed by atoms with van der Waals surface area (Å²) in [5.74, 6) is 1.63. The number of halogens is 1. The van der Waals surface area contributed by atoms with Gasteiger partial charge in [0.2, 0.25) is 0 Å². The van der Waals surface area contributed by atoms with Crippen molar-refractivity contribution in [3.63, 3.8) is 0 Å². The first-order valence-electron chi connectivity index (χ1n) is 7.46. The molecule has 1 aromatic carbocycles. The average Bonchev–Trinajstić information content (AvgIpc) is 2.93. The largest absolute Gasteiger partial charge is 0.381 e. The number of benzene rings is 1. The normalized spacial score (nSPS) is 28.0. The van der Waals surface area contributed by atoms with Gasteiger partial charge >= 0.3 is 0 Å². The van der Waals surface area contributed by atoms with Crippen molar-refractivity contribution in [1.82, 2.24) is 9.97 Å². The molecule has 2 aromatic rings. The number of ether oxygens (including phenoxy) is 1. The van der Waals surface area contributed by atoms with E-state index in [2.05, 4.69) is 15.3 Å². The monoisotopic (exact) mass is 303 g/mol. The summed E-state index contributed by atoms with van der Waals surface area (Å²) in [6.45, 7) is 2.87. The van der Waals surface area contributed by atoms with Crippen LogP contribution in [-0.4, -0.2) is 29.7 Å². The fraction of sp³-hybridized carbons (Fsp3) is 0.500. The number of hydrogen-bond donors (Lipinski definition) is 1. The molecule has 21 heavy (non-hydrogen) atoms.